The molecule has 2 rings (SSSR count). The Bertz CT molecular complexity index is 444. The SMILES string of the molecule is Cn1cc(Cn2ccnc2N)c(Br)n1. The van der Waals surface area contributed by atoms with E-state index >= 15 is 0 Å². The normalized spacial score (nSPS) is 10.7. The molecule has 2 heterocycles. The van der Waals surface area contributed by atoms with Crippen molar-refractivity contribution in [1.29, 1.82) is 0 Å². The number of aryl methyl sites for hydroxylation is 1. The topological polar surface area (TPSA) is 61.7 Å². The van der Waals surface area contributed by atoms with Crippen molar-refractivity contribution in [2.75, 3.05) is 5.73 Å². The largest absolute Gasteiger partial charge is 0.369 e. The number of nitrogens with two attached hydrogens (primary N) is 1. The summed E-state index contributed by atoms with van der Waals surface area (Å²) >= 11 is 3.38. The van der Waals surface area contributed by atoms with Gasteiger partial charge in [0.2, 0.25) is 0 Å². The first-order valence-corrected chi connectivity index (χ1v) is 4.91. The highest BCUT2D eigenvalue weighted by molar-refractivity contribution is 9.10. The summed E-state index contributed by atoms with van der Waals surface area (Å²) in [5, 5.41) is 4.18. The van der Waals surface area contributed by atoms with E-state index in [1.807, 2.05) is 24.0 Å². The first-order valence-electron chi connectivity index (χ1n) is 4.11. The molecule has 0 saturated heterocycles. The number of aromatic nitrogens is 4. The molecule has 5 nitrogen and oxygen atoms in total. The van der Waals surface area contributed by atoms with E-state index < -0.39 is 0 Å². The van der Waals surface area contributed by atoms with Gasteiger partial charge in [0.15, 0.2) is 5.95 Å². The summed E-state index contributed by atoms with van der Waals surface area (Å²) in [5.41, 5.74) is 6.74. The van der Waals surface area contributed by atoms with Gasteiger partial charge in [0.05, 0.1) is 6.54 Å². The molecule has 6 heteroatoms. The quantitative estimate of drug-likeness (QED) is 0.872. The van der Waals surface area contributed by atoms with Gasteiger partial charge in [-0.15, -0.1) is 0 Å². The molecule has 2 N–H and O–H groups in total. The zero-order valence-corrected chi connectivity index (χ0v) is 9.27. The zero-order chi connectivity index (χ0) is 10.1. The van der Waals surface area contributed by atoms with Crippen molar-refractivity contribution >= 4 is 21.9 Å². The summed E-state index contributed by atoms with van der Waals surface area (Å²) in [4.78, 5) is 3.95. The molecule has 0 aliphatic rings. The molecular weight excluding hydrogens is 246 g/mol. The summed E-state index contributed by atoms with van der Waals surface area (Å²) in [6.45, 7) is 0.681. The van der Waals surface area contributed by atoms with Gasteiger partial charge < -0.3 is 10.3 Å². The highest BCUT2D eigenvalue weighted by Crippen LogP contribution is 2.15. The van der Waals surface area contributed by atoms with Crippen LogP contribution in [-0.2, 0) is 13.6 Å². The third-order valence-corrected chi connectivity index (χ3v) is 2.61. The Hall–Kier alpha value is -1.30. The van der Waals surface area contributed by atoms with Crippen LogP contribution in [0.3, 0.4) is 0 Å². The third kappa shape index (κ3) is 1.65. The fourth-order valence-electron chi connectivity index (χ4n) is 1.27. The van der Waals surface area contributed by atoms with Crippen LogP contribution in [0.2, 0.25) is 0 Å². The molecular formula is C8H10BrN5. The minimum Gasteiger partial charge on any atom is -0.369 e. The van der Waals surface area contributed by atoms with Gasteiger partial charge in [-0.25, -0.2) is 4.98 Å². The predicted molar refractivity (Wildman–Crippen MR) is 56.6 cm³/mol. The Labute approximate surface area is 89.7 Å². The van der Waals surface area contributed by atoms with Crippen LogP contribution in [0.5, 0.6) is 0 Å². The molecule has 0 radical (unpaired) electrons. The first-order chi connectivity index (χ1) is 6.66. The fraction of sp³-hybridized carbons (Fsp3) is 0.250. The van der Waals surface area contributed by atoms with Gasteiger partial charge in [-0.3, -0.25) is 4.68 Å². The lowest BCUT2D eigenvalue weighted by atomic mass is 10.3. The summed E-state index contributed by atoms with van der Waals surface area (Å²) < 4.78 is 4.46. The van der Waals surface area contributed by atoms with Crippen LogP contribution in [0.15, 0.2) is 23.2 Å². The van der Waals surface area contributed by atoms with Crippen LogP contribution in [0.1, 0.15) is 5.56 Å². The maximum atomic E-state index is 5.65. The lowest BCUT2D eigenvalue weighted by molar-refractivity contribution is 0.759. The molecule has 0 aliphatic heterocycles. The van der Waals surface area contributed by atoms with Gasteiger partial charge in [0.25, 0.3) is 0 Å². The summed E-state index contributed by atoms with van der Waals surface area (Å²) in [6.07, 6.45) is 5.47. The van der Waals surface area contributed by atoms with Gasteiger partial charge in [-0.05, 0) is 15.9 Å². The average Bonchev–Trinajstić information content (AvgIpc) is 2.62. The molecule has 0 fully saturated rings. The van der Waals surface area contributed by atoms with E-state index in [4.69, 9.17) is 5.73 Å². The van der Waals surface area contributed by atoms with Crippen LogP contribution < -0.4 is 5.73 Å². The molecule has 2 aromatic heterocycles. The molecule has 0 bridgehead atoms. The smallest absolute Gasteiger partial charge is 0.200 e. The van der Waals surface area contributed by atoms with E-state index in [9.17, 15) is 0 Å². The number of nitrogens with zero attached hydrogens (tertiary/aromatic N) is 4. The third-order valence-electron chi connectivity index (χ3n) is 1.94. The first kappa shape index (κ1) is 9.26. The van der Waals surface area contributed by atoms with Crippen molar-refractivity contribution in [3.63, 3.8) is 0 Å². The fourth-order valence-corrected chi connectivity index (χ4v) is 1.75. The highest BCUT2D eigenvalue weighted by atomic mass is 79.9. The van der Waals surface area contributed by atoms with Gasteiger partial charge in [-0.2, -0.15) is 5.10 Å². The maximum Gasteiger partial charge on any atom is 0.200 e. The minimum absolute atomic E-state index is 0.515. The highest BCUT2D eigenvalue weighted by Gasteiger charge is 2.06. The monoisotopic (exact) mass is 255 g/mol. The molecule has 0 aliphatic carbocycles. The predicted octanol–water partition coefficient (Wildman–Crippen LogP) is 1.01. The number of nitrogen functional groups attached to an aromatic ring is 1. The Morgan fingerprint density at radius 2 is 2.36 bits per heavy atom. The van der Waals surface area contributed by atoms with Crippen LogP contribution in [-0.4, -0.2) is 19.3 Å². The number of rotatable bonds is 2. The second-order valence-electron chi connectivity index (χ2n) is 3.03. The van der Waals surface area contributed by atoms with Crippen LogP contribution in [0, 0.1) is 0 Å². The van der Waals surface area contributed by atoms with Gasteiger partial charge in [-0.1, -0.05) is 0 Å². The van der Waals surface area contributed by atoms with Gasteiger partial charge in [0.1, 0.15) is 4.60 Å². The average molecular weight is 256 g/mol. The van der Waals surface area contributed by atoms with Gasteiger partial charge in [0, 0.05) is 31.2 Å². The number of hydrogen-bond donors (Lipinski definition) is 1. The van der Waals surface area contributed by atoms with Crippen molar-refractivity contribution in [2.45, 2.75) is 6.54 Å². The Kier molecular flexibility index (Phi) is 2.28. The molecule has 0 saturated carbocycles. The minimum atomic E-state index is 0.515. The van der Waals surface area contributed by atoms with Crippen molar-refractivity contribution in [3.05, 3.63) is 28.8 Å². The number of anilines is 1. The standard InChI is InChI=1S/C8H10BrN5/c1-13-4-6(7(9)12-13)5-14-3-2-11-8(14)10/h2-4H,5H2,1H3,(H2,10,11). The van der Waals surface area contributed by atoms with E-state index in [0.717, 1.165) is 10.2 Å². The van der Waals surface area contributed by atoms with Crippen molar-refractivity contribution < 1.29 is 0 Å². The van der Waals surface area contributed by atoms with Crippen LogP contribution in [0.25, 0.3) is 0 Å². The lowest BCUT2D eigenvalue weighted by Crippen LogP contribution is -2.03. The molecule has 0 aromatic carbocycles. The zero-order valence-electron chi connectivity index (χ0n) is 7.68. The Balaban J connectivity index is 2.27. The Morgan fingerprint density at radius 1 is 1.57 bits per heavy atom. The molecule has 0 amide bonds. The number of halogens is 1. The summed E-state index contributed by atoms with van der Waals surface area (Å²) in [6, 6.07) is 0. The van der Waals surface area contributed by atoms with Gasteiger partial charge >= 0.3 is 0 Å². The molecule has 2 aromatic rings. The van der Waals surface area contributed by atoms with E-state index in [1.54, 1.807) is 10.9 Å². The maximum absolute atomic E-state index is 5.65. The number of imidazole rings is 1. The molecule has 0 unspecified atom stereocenters. The van der Waals surface area contributed by atoms with Crippen molar-refractivity contribution in [3.8, 4) is 0 Å². The van der Waals surface area contributed by atoms with E-state index in [1.165, 1.54) is 0 Å². The van der Waals surface area contributed by atoms with E-state index in [0.29, 0.717) is 12.5 Å². The second-order valence-corrected chi connectivity index (χ2v) is 3.78. The van der Waals surface area contributed by atoms with Crippen molar-refractivity contribution in [2.24, 2.45) is 7.05 Å². The molecule has 0 atom stereocenters. The second kappa shape index (κ2) is 3.45. The summed E-state index contributed by atoms with van der Waals surface area (Å²) in [5.74, 6) is 0.515. The molecule has 74 valence electrons. The molecule has 0 spiro atoms. The van der Waals surface area contributed by atoms with E-state index in [-0.39, 0.29) is 0 Å². The van der Waals surface area contributed by atoms with Crippen molar-refractivity contribution in [1.82, 2.24) is 19.3 Å². The van der Waals surface area contributed by atoms with Crippen LogP contribution >= 0.6 is 15.9 Å². The number of hydrogen-bond acceptors (Lipinski definition) is 3. The van der Waals surface area contributed by atoms with Crippen LogP contribution in [0.4, 0.5) is 5.95 Å². The summed E-state index contributed by atoms with van der Waals surface area (Å²) in [7, 11) is 1.88. The lowest BCUT2D eigenvalue weighted by Gasteiger charge is -2.01. The Morgan fingerprint density at radius 3 is 2.86 bits per heavy atom. The van der Waals surface area contributed by atoms with E-state index in [2.05, 4.69) is 26.0 Å². The molecule has 14 heavy (non-hydrogen) atoms.